The number of thiazole rings is 1. The van der Waals surface area contributed by atoms with Crippen LogP contribution in [0.1, 0.15) is 23.4 Å². The predicted octanol–water partition coefficient (Wildman–Crippen LogP) is 4.47. The summed E-state index contributed by atoms with van der Waals surface area (Å²) in [6, 6.07) is 2.67. The van der Waals surface area contributed by atoms with Crippen LogP contribution in [0.15, 0.2) is 29.9 Å². The molecular formula is C12H10F4N2S. The molecule has 1 aromatic heterocycles. The van der Waals surface area contributed by atoms with E-state index in [9.17, 15) is 17.6 Å². The highest BCUT2D eigenvalue weighted by Crippen LogP contribution is 2.33. The molecule has 102 valence electrons. The molecule has 19 heavy (non-hydrogen) atoms. The second-order valence-electron chi connectivity index (χ2n) is 3.96. The van der Waals surface area contributed by atoms with Crippen LogP contribution < -0.4 is 5.32 Å². The van der Waals surface area contributed by atoms with Gasteiger partial charge in [0.2, 0.25) is 0 Å². The van der Waals surface area contributed by atoms with Crippen molar-refractivity contribution in [3.05, 3.63) is 46.2 Å². The van der Waals surface area contributed by atoms with Gasteiger partial charge in [0.1, 0.15) is 5.82 Å². The van der Waals surface area contributed by atoms with Gasteiger partial charge in [0.25, 0.3) is 0 Å². The molecule has 1 aromatic carbocycles. The zero-order chi connectivity index (χ0) is 14.0. The molecule has 0 radical (unpaired) electrons. The van der Waals surface area contributed by atoms with E-state index in [1.807, 2.05) is 0 Å². The standard InChI is InChI=1S/C12H10F4N2S/c1-7(11-5-17-6-19-11)18-8-2-3-10(13)9(4-8)12(14,15)16/h2-7,18H,1H3. The van der Waals surface area contributed by atoms with Crippen molar-refractivity contribution in [3.8, 4) is 0 Å². The molecule has 1 unspecified atom stereocenters. The predicted molar refractivity (Wildman–Crippen MR) is 65.6 cm³/mol. The second kappa shape index (κ2) is 5.16. The summed E-state index contributed by atoms with van der Waals surface area (Å²) in [7, 11) is 0. The van der Waals surface area contributed by atoms with Gasteiger partial charge in [-0.05, 0) is 25.1 Å². The lowest BCUT2D eigenvalue weighted by molar-refractivity contribution is -0.139. The Hall–Kier alpha value is -1.63. The monoisotopic (exact) mass is 290 g/mol. The van der Waals surface area contributed by atoms with Crippen molar-refractivity contribution < 1.29 is 17.6 Å². The Labute approximate surface area is 111 Å². The molecule has 0 saturated carbocycles. The first-order valence-electron chi connectivity index (χ1n) is 5.39. The molecule has 2 rings (SSSR count). The fraction of sp³-hybridized carbons (Fsp3) is 0.250. The van der Waals surface area contributed by atoms with Gasteiger partial charge in [0, 0.05) is 16.8 Å². The van der Waals surface area contributed by atoms with Crippen LogP contribution in [0.5, 0.6) is 0 Å². The first-order chi connectivity index (χ1) is 8.88. The number of nitrogens with zero attached hydrogens (tertiary/aromatic N) is 1. The minimum absolute atomic E-state index is 0.195. The van der Waals surface area contributed by atoms with E-state index < -0.39 is 17.6 Å². The number of alkyl halides is 3. The van der Waals surface area contributed by atoms with Gasteiger partial charge < -0.3 is 5.32 Å². The molecule has 0 spiro atoms. The summed E-state index contributed by atoms with van der Waals surface area (Å²) in [6.45, 7) is 1.80. The smallest absolute Gasteiger partial charge is 0.378 e. The number of hydrogen-bond acceptors (Lipinski definition) is 3. The van der Waals surface area contributed by atoms with Crippen molar-refractivity contribution in [2.75, 3.05) is 5.32 Å². The van der Waals surface area contributed by atoms with Crippen molar-refractivity contribution in [2.24, 2.45) is 0 Å². The highest BCUT2D eigenvalue weighted by atomic mass is 32.1. The molecule has 0 aliphatic carbocycles. The zero-order valence-corrected chi connectivity index (χ0v) is 10.6. The molecule has 2 nitrogen and oxygen atoms in total. The van der Waals surface area contributed by atoms with Crippen LogP contribution >= 0.6 is 11.3 Å². The van der Waals surface area contributed by atoms with Crippen LogP contribution in [0.4, 0.5) is 23.2 Å². The van der Waals surface area contributed by atoms with Crippen LogP contribution in [0.2, 0.25) is 0 Å². The third-order valence-corrected chi connectivity index (χ3v) is 3.49. The SMILES string of the molecule is CC(Nc1ccc(F)c(C(F)(F)F)c1)c1cncs1. The van der Waals surface area contributed by atoms with Gasteiger partial charge in [-0.15, -0.1) is 11.3 Å². The van der Waals surface area contributed by atoms with E-state index in [0.717, 1.165) is 17.0 Å². The van der Waals surface area contributed by atoms with Gasteiger partial charge in [-0.1, -0.05) is 0 Å². The topological polar surface area (TPSA) is 24.9 Å². The molecule has 2 aromatic rings. The van der Waals surface area contributed by atoms with Gasteiger partial charge in [0.15, 0.2) is 0 Å². The van der Waals surface area contributed by atoms with Crippen LogP contribution in [0.25, 0.3) is 0 Å². The maximum atomic E-state index is 13.1. The summed E-state index contributed by atoms with van der Waals surface area (Å²) in [4.78, 5) is 4.78. The van der Waals surface area contributed by atoms with E-state index in [1.54, 1.807) is 18.6 Å². The lowest BCUT2D eigenvalue weighted by atomic mass is 10.1. The fourth-order valence-corrected chi connectivity index (χ4v) is 2.22. The number of halogens is 4. The summed E-state index contributed by atoms with van der Waals surface area (Å²) in [6.07, 6.45) is -3.06. The summed E-state index contributed by atoms with van der Waals surface area (Å²) < 4.78 is 50.8. The Morgan fingerprint density at radius 3 is 2.63 bits per heavy atom. The molecule has 1 N–H and O–H groups in total. The second-order valence-corrected chi connectivity index (χ2v) is 4.88. The van der Waals surface area contributed by atoms with Crippen molar-refractivity contribution in [1.29, 1.82) is 0 Å². The number of anilines is 1. The zero-order valence-electron chi connectivity index (χ0n) is 9.83. The van der Waals surface area contributed by atoms with Gasteiger partial charge in [0.05, 0.1) is 17.1 Å². The van der Waals surface area contributed by atoms with Gasteiger partial charge in [-0.3, -0.25) is 4.98 Å². The average molecular weight is 290 g/mol. The normalized spacial score (nSPS) is 13.3. The van der Waals surface area contributed by atoms with Gasteiger partial charge >= 0.3 is 6.18 Å². The van der Waals surface area contributed by atoms with Crippen molar-refractivity contribution in [2.45, 2.75) is 19.1 Å². The molecule has 0 aliphatic heterocycles. The van der Waals surface area contributed by atoms with Crippen LogP contribution in [0.3, 0.4) is 0 Å². The molecule has 1 atom stereocenters. The van der Waals surface area contributed by atoms with Gasteiger partial charge in [-0.25, -0.2) is 4.39 Å². The Morgan fingerprint density at radius 2 is 2.05 bits per heavy atom. The van der Waals surface area contributed by atoms with Crippen molar-refractivity contribution in [3.63, 3.8) is 0 Å². The van der Waals surface area contributed by atoms with E-state index >= 15 is 0 Å². The number of benzene rings is 1. The first-order valence-corrected chi connectivity index (χ1v) is 6.27. The largest absolute Gasteiger partial charge is 0.419 e. The molecule has 0 amide bonds. The van der Waals surface area contributed by atoms with Crippen molar-refractivity contribution >= 4 is 17.0 Å². The van der Waals surface area contributed by atoms with Crippen LogP contribution in [-0.2, 0) is 6.18 Å². The van der Waals surface area contributed by atoms with Crippen molar-refractivity contribution in [1.82, 2.24) is 4.98 Å². The average Bonchev–Trinajstić information content (AvgIpc) is 2.83. The minimum atomic E-state index is -4.70. The number of aromatic nitrogens is 1. The Balaban J connectivity index is 2.22. The lowest BCUT2D eigenvalue weighted by Gasteiger charge is -2.15. The van der Waals surface area contributed by atoms with Crippen LogP contribution in [0, 0.1) is 5.82 Å². The lowest BCUT2D eigenvalue weighted by Crippen LogP contribution is -2.10. The minimum Gasteiger partial charge on any atom is -0.378 e. The van der Waals surface area contributed by atoms with E-state index in [-0.39, 0.29) is 11.7 Å². The summed E-state index contributed by atoms with van der Waals surface area (Å²) >= 11 is 1.39. The molecule has 0 bridgehead atoms. The third kappa shape index (κ3) is 3.23. The molecule has 1 heterocycles. The van der Waals surface area contributed by atoms with Gasteiger partial charge in [-0.2, -0.15) is 13.2 Å². The summed E-state index contributed by atoms with van der Waals surface area (Å²) in [5.74, 6) is -1.27. The van der Waals surface area contributed by atoms with E-state index in [4.69, 9.17) is 0 Å². The molecule has 7 heteroatoms. The Kier molecular flexibility index (Phi) is 3.75. The molecule has 0 saturated heterocycles. The fourth-order valence-electron chi connectivity index (χ4n) is 1.59. The number of hydrogen-bond donors (Lipinski definition) is 1. The summed E-state index contributed by atoms with van der Waals surface area (Å²) in [5, 5.41) is 2.89. The quantitative estimate of drug-likeness (QED) is 0.843. The maximum absolute atomic E-state index is 13.1. The maximum Gasteiger partial charge on any atom is 0.419 e. The first kappa shape index (κ1) is 13.8. The highest BCUT2D eigenvalue weighted by molar-refractivity contribution is 7.09. The van der Waals surface area contributed by atoms with E-state index in [1.165, 1.54) is 17.4 Å². The number of nitrogens with one attached hydrogen (secondary N) is 1. The highest BCUT2D eigenvalue weighted by Gasteiger charge is 2.34. The summed E-state index contributed by atoms with van der Waals surface area (Å²) in [5.41, 5.74) is 0.586. The molecule has 0 aliphatic rings. The van der Waals surface area contributed by atoms with E-state index in [0.29, 0.717) is 0 Å². The third-order valence-electron chi connectivity index (χ3n) is 2.53. The molecule has 0 fully saturated rings. The van der Waals surface area contributed by atoms with E-state index in [2.05, 4.69) is 10.3 Å². The molecular weight excluding hydrogens is 280 g/mol. The Morgan fingerprint density at radius 1 is 1.32 bits per heavy atom. The van der Waals surface area contributed by atoms with Crippen LogP contribution in [-0.4, -0.2) is 4.98 Å². The number of rotatable bonds is 3. The Bertz CT molecular complexity index is 551.